The molecular formula is C21H25FN2O3. The molecule has 1 aliphatic heterocycles. The van der Waals surface area contributed by atoms with E-state index in [-0.39, 0.29) is 0 Å². The van der Waals surface area contributed by atoms with Crippen LogP contribution in [0.15, 0.2) is 40.7 Å². The van der Waals surface area contributed by atoms with Gasteiger partial charge in [0, 0.05) is 23.0 Å². The maximum Gasteiger partial charge on any atom is 0.336 e. The van der Waals surface area contributed by atoms with Crippen molar-refractivity contribution in [2.45, 2.75) is 46.0 Å². The second-order valence-corrected chi connectivity index (χ2v) is 6.37. The average molecular weight is 372 g/mol. The quantitative estimate of drug-likeness (QED) is 0.722. The molecule has 5 nitrogen and oxygen atoms in total. The Balaban J connectivity index is 2.70. The molecule has 1 N–H and O–H groups in total. The van der Waals surface area contributed by atoms with Crippen molar-refractivity contribution >= 4 is 5.97 Å². The van der Waals surface area contributed by atoms with Crippen LogP contribution in [0, 0.1) is 17.1 Å². The summed E-state index contributed by atoms with van der Waals surface area (Å²) in [6.07, 6.45) is 2.14. The lowest BCUT2D eigenvalue weighted by Crippen LogP contribution is -2.30. The van der Waals surface area contributed by atoms with Gasteiger partial charge in [-0.25, -0.2) is 9.18 Å². The topological polar surface area (TPSA) is 71.3 Å². The SMILES string of the molecule is CCCOC(=O)C1=C(CCC)NC(C)=C(C#N)C1c1ccc(F)cc1OC. The Bertz CT molecular complexity index is 821. The number of carbonyl (C=O) groups is 1. The zero-order valence-corrected chi connectivity index (χ0v) is 16.2. The average Bonchev–Trinajstić information content (AvgIpc) is 2.65. The van der Waals surface area contributed by atoms with Crippen LogP contribution in [0.4, 0.5) is 4.39 Å². The monoisotopic (exact) mass is 372 g/mol. The molecule has 0 bridgehead atoms. The van der Waals surface area contributed by atoms with E-state index in [2.05, 4.69) is 11.4 Å². The number of ether oxygens (including phenoxy) is 2. The molecule has 1 aromatic carbocycles. The van der Waals surface area contributed by atoms with Gasteiger partial charge in [0.25, 0.3) is 0 Å². The normalized spacial score (nSPS) is 16.7. The molecule has 0 fully saturated rings. The van der Waals surface area contributed by atoms with Crippen LogP contribution in [-0.2, 0) is 9.53 Å². The van der Waals surface area contributed by atoms with Gasteiger partial charge in [-0.1, -0.05) is 26.3 Å². The van der Waals surface area contributed by atoms with Crippen molar-refractivity contribution in [3.8, 4) is 11.8 Å². The van der Waals surface area contributed by atoms with E-state index in [1.807, 2.05) is 13.8 Å². The number of nitriles is 1. The molecule has 0 saturated carbocycles. The molecule has 1 unspecified atom stereocenters. The summed E-state index contributed by atoms with van der Waals surface area (Å²) in [6, 6.07) is 6.32. The largest absolute Gasteiger partial charge is 0.496 e. The Labute approximate surface area is 159 Å². The molecule has 1 atom stereocenters. The van der Waals surface area contributed by atoms with Crippen molar-refractivity contribution in [1.29, 1.82) is 5.26 Å². The summed E-state index contributed by atoms with van der Waals surface area (Å²) in [5.74, 6) is -1.29. The first-order valence-electron chi connectivity index (χ1n) is 9.09. The highest BCUT2D eigenvalue weighted by Gasteiger charge is 2.36. The fourth-order valence-electron chi connectivity index (χ4n) is 3.24. The summed E-state index contributed by atoms with van der Waals surface area (Å²) >= 11 is 0. The molecule has 0 saturated heterocycles. The van der Waals surface area contributed by atoms with Crippen LogP contribution < -0.4 is 10.1 Å². The Hall–Kier alpha value is -2.81. The summed E-state index contributed by atoms with van der Waals surface area (Å²) in [5, 5.41) is 13.0. The van der Waals surface area contributed by atoms with Crippen molar-refractivity contribution in [1.82, 2.24) is 5.32 Å². The summed E-state index contributed by atoms with van der Waals surface area (Å²) in [5.41, 5.74) is 2.74. The third-order valence-corrected chi connectivity index (χ3v) is 4.43. The number of carbonyl (C=O) groups excluding carboxylic acids is 1. The molecular weight excluding hydrogens is 347 g/mol. The number of nitrogens with zero attached hydrogens (tertiary/aromatic N) is 1. The van der Waals surface area contributed by atoms with Crippen molar-refractivity contribution in [2.24, 2.45) is 0 Å². The van der Waals surface area contributed by atoms with E-state index in [0.29, 0.717) is 47.6 Å². The van der Waals surface area contributed by atoms with E-state index in [1.165, 1.54) is 19.2 Å². The molecule has 1 aliphatic rings. The Morgan fingerprint density at radius 3 is 2.67 bits per heavy atom. The molecule has 0 spiro atoms. The van der Waals surface area contributed by atoms with Crippen LogP contribution in [0.5, 0.6) is 5.75 Å². The third kappa shape index (κ3) is 4.30. The molecule has 27 heavy (non-hydrogen) atoms. The number of dihydropyridines is 1. The van der Waals surface area contributed by atoms with Crippen molar-refractivity contribution in [3.63, 3.8) is 0 Å². The third-order valence-electron chi connectivity index (χ3n) is 4.43. The smallest absolute Gasteiger partial charge is 0.336 e. The predicted molar refractivity (Wildman–Crippen MR) is 100 cm³/mol. The highest BCUT2D eigenvalue weighted by Crippen LogP contribution is 2.42. The number of halogens is 1. The molecule has 0 aliphatic carbocycles. The van der Waals surface area contributed by atoms with Crippen LogP contribution >= 0.6 is 0 Å². The van der Waals surface area contributed by atoms with Crippen molar-refractivity contribution < 1.29 is 18.7 Å². The minimum absolute atomic E-state index is 0.291. The number of nitrogens with one attached hydrogen (secondary N) is 1. The highest BCUT2D eigenvalue weighted by molar-refractivity contribution is 5.93. The Morgan fingerprint density at radius 2 is 2.07 bits per heavy atom. The Kier molecular flexibility index (Phi) is 7.00. The number of methoxy groups -OCH3 is 1. The lowest BCUT2D eigenvalue weighted by Gasteiger charge is -2.30. The lowest BCUT2D eigenvalue weighted by atomic mass is 9.79. The molecule has 1 heterocycles. The number of allylic oxidation sites excluding steroid dienone is 3. The van der Waals surface area contributed by atoms with Gasteiger partial charge >= 0.3 is 5.97 Å². The van der Waals surface area contributed by atoms with Gasteiger partial charge in [-0.15, -0.1) is 0 Å². The van der Waals surface area contributed by atoms with E-state index in [9.17, 15) is 14.4 Å². The van der Waals surface area contributed by atoms with Crippen LogP contribution in [0.25, 0.3) is 0 Å². The summed E-state index contributed by atoms with van der Waals surface area (Å²) in [7, 11) is 1.44. The van der Waals surface area contributed by atoms with Gasteiger partial charge in [-0.05, 0) is 25.8 Å². The molecule has 0 aromatic heterocycles. The number of hydrogen-bond donors (Lipinski definition) is 1. The fourth-order valence-corrected chi connectivity index (χ4v) is 3.24. The van der Waals surface area contributed by atoms with E-state index in [0.717, 1.165) is 12.1 Å². The van der Waals surface area contributed by atoms with Gasteiger partial charge < -0.3 is 14.8 Å². The summed E-state index contributed by atoms with van der Waals surface area (Å²) in [6.45, 7) is 6.01. The van der Waals surface area contributed by atoms with Crippen LogP contribution in [0.1, 0.15) is 51.5 Å². The van der Waals surface area contributed by atoms with Crippen LogP contribution in [-0.4, -0.2) is 19.7 Å². The summed E-state index contributed by atoms with van der Waals surface area (Å²) in [4.78, 5) is 12.9. The van der Waals surface area contributed by atoms with Crippen LogP contribution in [0.2, 0.25) is 0 Å². The van der Waals surface area contributed by atoms with Crippen LogP contribution in [0.3, 0.4) is 0 Å². The second kappa shape index (κ2) is 9.22. The molecule has 1 aromatic rings. The van der Waals surface area contributed by atoms with E-state index in [1.54, 1.807) is 13.0 Å². The maximum atomic E-state index is 13.7. The first-order valence-corrected chi connectivity index (χ1v) is 9.09. The molecule has 144 valence electrons. The first kappa shape index (κ1) is 20.5. The standard InChI is InChI=1S/C21H25FN2O3/c1-5-7-17-20(21(25)27-10-6-2)19(16(12-23)13(3)24-17)15-9-8-14(22)11-18(15)26-4/h8-9,11,19,24H,5-7,10H2,1-4H3. The number of benzene rings is 1. The van der Waals surface area contributed by atoms with E-state index in [4.69, 9.17) is 9.47 Å². The zero-order valence-electron chi connectivity index (χ0n) is 16.2. The first-order chi connectivity index (χ1) is 13.0. The lowest BCUT2D eigenvalue weighted by molar-refractivity contribution is -0.139. The Morgan fingerprint density at radius 1 is 1.33 bits per heavy atom. The van der Waals surface area contributed by atoms with Gasteiger partial charge in [0.1, 0.15) is 11.6 Å². The van der Waals surface area contributed by atoms with Gasteiger partial charge in [-0.2, -0.15) is 5.26 Å². The van der Waals surface area contributed by atoms with Gasteiger partial charge in [0.15, 0.2) is 0 Å². The molecule has 0 radical (unpaired) electrons. The fraction of sp³-hybridized carbons (Fsp3) is 0.429. The van der Waals surface area contributed by atoms with Gasteiger partial charge in [-0.3, -0.25) is 0 Å². The molecule has 6 heteroatoms. The molecule has 2 rings (SSSR count). The summed E-state index contributed by atoms with van der Waals surface area (Å²) < 4.78 is 24.4. The van der Waals surface area contributed by atoms with Crippen molar-refractivity contribution in [2.75, 3.05) is 13.7 Å². The molecule has 0 amide bonds. The number of esters is 1. The predicted octanol–water partition coefficient (Wildman–Crippen LogP) is 4.33. The van der Waals surface area contributed by atoms with E-state index < -0.39 is 17.7 Å². The van der Waals surface area contributed by atoms with E-state index >= 15 is 0 Å². The van der Waals surface area contributed by atoms with Gasteiger partial charge in [0.2, 0.25) is 0 Å². The highest BCUT2D eigenvalue weighted by atomic mass is 19.1. The maximum absolute atomic E-state index is 13.7. The number of rotatable bonds is 7. The number of hydrogen-bond acceptors (Lipinski definition) is 5. The van der Waals surface area contributed by atoms with Gasteiger partial charge in [0.05, 0.1) is 36.9 Å². The second-order valence-electron chi connectivity index (χ2n) is 6.37. The minimum Gasteiger partial charge on any atom is -0.496 e. The minimum atomic E-state index is -0.669. The zero-order chi connectivity index (χ0) is 20.0. The van der Waals surface area contributed by atoms with Crippen molar-refractivity contribution in [3.05, 3.63) is 52.1 Å².